The molecule has 0 aliphatic rings. The van der Waals surface area contributed by atoms with Crippen LogP contribution < -0.4 is 14.9 Å². The Morgan fingerprint density at radius 1 is 1.23 bits per heavy atom. The average molecular weight is 423 g/mol. The third-order valence-electron chi connectivity index (χ3n) is 3.90. The summed E-state index contributed by atoms with van der Waals surface area (Å²) in [5.41, 5.74) is 3.71. The largest absolute Gasteiger partial charge is 0.491 e. The van der Waals surface area contributed by atoms with Crippen molar-refractivity contribution < 1.29 is 18.7 Å². The summed E-state index contributed by atoms with van der Waals surface area (Å²) in [4.78, 5) is 24.9. The lowest BCUT2D eigenvalue weighted by atomic mass is 10.2. The van der Waals surface area contributed by atoms with Crippen molar-refractivity contribution in [3.05, 3.63) is 66.0 Å². The van der Waals surface area contributed by atoms with Crippen molar-refractivity contribution in [3.8, 4) is 22.9 Å². The van der Waals surface area contributed by atoms with Gasteiger partial charge in [0.25, 0.3) is 5.91 Å². The summed E-state index contributed by atoms with van der Waals surface area (Å²) in [6, 6.07) is 7.80. The van der Waals surface area contributed by atoms with Gasteiger partial charge in [0.05, 0.1) is 37.0 Å². The number of hydrogen-bond acceptors (Lipinski definition) is 7. The van der Waals surface area contributed by atoms with Crippen molar-refractivity contribution in [2.24, 2.45) is 5.10 Å². The van der Waals surface area contributed by atoms with Gasteiger partial charge in [0.15, 0.2) is 0 Å². The van der Waals surface area contributed by atoms with Gasteiger partial charge in [0.2, 0.25) is 5.88 Å². The van der Waals surface area contributed by atoms with E-state index in [-0.39, 0.29) is 17.4 Å². The number of nitrogens with zero attached hydrogens (tertiary/aromatic N) is 4. The molecule has 160 valence electrons. The second-order valence-electron chi connectivity index (χ2n) is 6.66. The van der Waals surface area contributed by atoms with Gasteiger partial charge < -0.3 is 9.47 Å². The van der Waals surface area contributed by atoms with Crippen LogP contribution in [0.4, 0.5) is 4.39 Å². The number of ether oxygens (including phenoxy) is 2. The predicted molar refractivity (Wildman–Crippen MR) is 114 cm³/mol. The van der Waals surface area contributed by atoms with Gasteiger partial charge in [-0.25, -0.2) is 19.8 Å². The molecule has 1 N–H and O–H groups in total. The van der Waals surface area contributed by atoms with Gasteiger partial charge in [-0.2, -0.15) is 5.10 Å². The standard InChI is InChI=1S/C22H22FN5O3/c1-4-30-21-8-5-15(10-25-21)19-12-24-13-20(27-19)22(29)28-26-11-16-9-17(31-14(2)3)6-7-18(16)23/h5-14H,4H2,1-3H3,(H,28,29)/b26-11+. The zero-order chi connectivity index (χ0) is 22.2. The molecule has 0 aliphatic heterocycles. The van der Waals surface area contributed by atoms with E-state index in [9.17, 15) is 9.18 Å². The lowest BCUT2D eigenvalue weighted by Crippen LogP contribution is -2.19. The van der Waals surface area contributed by atoms with Crippen molar-refractivity contribution in [1.82, 2.24) is 20.4 Å². The normalized spacial score (nSPS) is 11.0. The van der Waals surface area contributed by atoms with Crippen LogP contribution in [0.15, 0.2) is 54.0 Å². The highest BCUT2D eigenvalue weighted by Gasteiger charge is 2.10. The minimum Gasteiger partial charge on any atom is -0.491 e. The van der Waals surface area contributed by atoms with E-state index in [4.69, 9.17) is 9.47 Å². The fourth-order valence-electron chi connectivity index (χ4n) is 2.56. The second kappa shape index (κ2) is 10.2. The Morgan fingerprint density at radius 3 is 2.77 bits per heavy atom. The minimum absolute atomic E-state index is 0.0497. The van der Waals surface area contributed by atoms with Crippen molar-refractivity contribution in [2.45, 2.75) is 26.9 Å². The Bertz CT molecular complexity index is 1070. The van der Waals surface area contributed by atoms with E-state index < -0.39 is 11.7 Å². The molecule has 0 saturated heterocycles. The number of benzene rings is 1. The molecular weight excluding hydrogens is 401 g/mol. The topological polar surface area (TPSA) is 98.6 Å². The van der Waals surface area contributed by atoms with Crippen LogP contribution in [-0.4, -0.2) is 39.8 Å². The van der Waals surface area contributed by atoms with Crippen LogP contribution in [0.3, 0.4) is 0 Å². The monoisotopic (exact) mass is 423 g/mol. The SMILES string of the molecule is CCOc1ccc(-c2cncc(C(=O)N/N=C/c3cc(OC(C)C)ccc3F)n2)cn1. The van der Waals surface area contributed by atoms with Crippen LogP contribution in [0.2, 0.25) is 0 Å². The molecule has 0 radical (unpaired) electrons. The number of rotatable bonds is 8. The third-order valence-corrected chi connectivity index (χ3v) is 3.90. The van der Waals surface area contributed by atoms with Gasteiger partial charge in [-0.05, 0) is 45.0 Å². The Labute approximate surface area is 179 Å². The second-order valence-corrected chi connectivity index (χ2v) is 6.66. The predicted octanol–water partition coefficient (Wildman–Crippen LogP) is 3.63. The molecule has 8 nitrogen and oxygen atoms in total. The van der Waals surface area contributed by atoms with Crippen LogP contribution >= 0.6 is 0 Å². The third kappa shape index (κ3) is 6.05. The van der Waals surface area contributed by atoms with E-state index in [2.05, 4.69) is 25.5 Å². The van der Waals surface area contributed by atoms with Crippen molar-refractivity contribution in [2.75, 3.05) is 6.61 Å². The molecule has 1 aromatic carbocycles. The highest BCUT2D eigenvalue weighted by Crippen LogP contribution is 2.18. The number of carbonyl (C=O) groups is 1. The maximum absolute atomic E-state index is 14.0. The number of amides is 1. The number of hydrazone groups is 1. The van der Waals surface area contributed by atoms with Crippen LogP contribution in [0, 0.1) is 5.82 Å². The first-order valence-corrected chi connectivity index (χ1v) is 9.67. The van der Waals surface area contributed by atoms with Crippen LogP contribution in [0.25, 0.3) is 11.3 Å². The molecule has 0 aliphatic carbocycles. The summed E-state index contributed by atoms with van der Waals surface area (Å²) in [6.45, 7) is 6.13. The van der Waals surface area contributed by atoms with Gasteiger partial charge >= 0.3 is 0 Å². The summed E-state index contributed by atoms with van der Waals surface area (Å²) in [5.74, 6) is -0.0670. The van der Waals surface area contributed by atoms with E-state index >= 15 is 0 Å². The summed E-state index contributed by atoms with van der Waals surface area (Å²) in [6.07, 6.45) is 5.57. The zero-order valence-electron chi connectivity index (χ0n) is 17.4. The fourth-order valence-corrected chi connectivity index (χ4v) is 2.56. The summed E-state index contributed by atoms with van der Waals surface area (Å²) < 4.78 is 24.8. The highest BCUT2D eigenvalue weighted by atomic mass is 19.1. The summed E-state index contributed by atoms with van der Waals surface area (Å²) >= 11 is 0. The number of carbonyl (C=O) groups excluding carboxylic acids is 1. The molecule has 31 heavy (non-hydrogen) atoms. The molecular formula is C22H22FN5O3. The summed E-state index contributed by atoms with van der Waals surface area (Å²) in [5, 5.41) is 3.82. The van der Waals surface area contributed by atoms with E-state index in [0.29, 0.717) is 29.5 Å². The van der Waals surface area contributed by atoms with Crippen LogP contribution in [-0.2, 0) is 0 Å². The van der Waals surface area contributed by atoms with Gasteiger partial charge in [-0.3, -0.25) is 9.78 Å². The molecule has 0 fully saturated rings. The molecule has 9 heteroatoms. The number of nitrogens with one attached hydrogen (secondary N) is 1. The average Bonchev–Trinajstić information content (AvgIpc) is 2.76. The first-order valence-electron chi connectivity index (χ1n) is 9.67. The van der Waals surface area contributed by atoms with Crippen LogP contribution in [0.5, 0.6) is 11.6 Å². The minimum atomic E-state index is -0.584. The van der Waals surface area contributed by atoms with Crippen molar-refractivity contribution in [1.29, 1.82) is 0 Å². The number of pyridine rings is 1. The Morgan fingerprint density at radius 2 is 2.06 bits per heavy atom. The summed E-state index contributed by atoms with van der Waals surface area (Å²) in [7, 11) is 0. The lowest BCUT2D eigenvalue weighted by Gasteiger charge is -2.10. The van der Waals surface area contributed by atoms with Crippen molar-refractivity contribution in [3.63, 3.8) is 0 Å². The molecule has 3 rings (SSSR count). The molecule has 0 saturated carbocycles. The zero-order valence-corrected chi connectivity index (χ0v) is 17.4. The van der Waals surface area contributed by atoms with Crippen LogP contribution in [0.1, 0.15) is 36.8 Å². The number of hydrogen-bond donors (Lipinski definition) is 1. The van der Waals surface area contributed by atoms with Crippen molar-refractivity contribution >= 4 is 12.1 Å². The van der Waals surface area contributed by atoms with E-state index in [0.717, 1.165) is 0 Å². The molecule has 0 bridgehead atoms. The smallest absolute Gasteiger partial charge is 0.291 e. The van der Waals surface area contributed by atoms with Gasteiger partial charge in [0.1, 0.15) is 17.3 Å². The molecule has 2 heterocycles. The van der Waals surface area contributed by atoms with Gasteiger partial charge in [-0.15, -0.1) is 0 Å². The maximum atomic E-state index is 14.0. The number of aromatic nitrogens is 3. The highest BCUT2D eigenvalue weighted by molar-refractivity contribution is 5.93. The maximum Gasteiger partial charge on any atom is 0.291 e. The molecule has 2 aromatic heterocycles. The van der Waals surface area contributed by atoms with E-state index in [1.807, 2.05) is 20.8 Å². The van der Waals surface area contributed by atoms with Gasteiger partial charge in [-0.1, -0.05) is 0 Å². The molecule has 1 amide bonds. The van der Waals surface area contributed by atoms with E-state index in [1.54, 1.807) is 18.3 Å². The quantitative estimate of drug-likeness (QED) is 0.439. The van der Waals surface area contributed by atoms with Gasteiger partial charge in [0, 0.05) is 23.4 Å². The first kappa shape index (κ1) is 21.8. The Kier molecular flexibility index (Phi) is 7.21. The molecule has 0 unspecified atom stereocenters. The Balaban J connectivity index is 1.69. The fraction of sp³-hybridized carbons (Fsp3) is 0.227. The van der Waals surface area contributed by atoms with E-state index in [1.165, 1.54) is 36.8 Å². The first-order chi connectivity index (χ1) is 15.0. The lowest BCUT2D eigenvalue weighted by molar-refractivity contribution is 0.0950. The molecule has 0 atom stereocenters. The molecule has 3 aromatic rings. The number of halogens is 1. The molecule has 0 spiro atoms. The Hall–Kier alpha value is -3.88.